The molecule has 0 aliphatic heterocycles. The lowest BCUT2D eigenvalue weighted by Gasteiger charge is -1.92. The van der Waals surface area contributed by atoms with E-state index in [2.05, 4.69) is 22.9 Å². The highest BCUT2D eigenvalue weighted by molar-refractivity contribution is 9.09. The Kier molecular flexibility index (Phi) is 9.39. The van der Waals surface area contributed by atoms with Crippen LogP contribution in [0.25, 0.3) is 0 Å². The third-order valence-corrected chi connectivity index (χ3v) is 4.07. The summed E-state index contributed by atoms with van der Waals surface area (Å²) in [4.78, 5) is 0. The van der Waals surface area contributed by atoms with Gasteiger partial charge in [-0.15, -0.1) is 0 Å². The molecule has 0 bridgehead atoms. The Morgan fingerprint density at radius 1 is 1.25 bits per heavy atom. The summed E-state index contributed by atoms with van der Waals surface area (Å²) in [5.74, 6) is 2.52. The molecule has 0 unspecified atom stereocenters. The molecule has 0 aromatic rings. The summed E-state index contributed by atoms with van der Waals surface area (Å²) >= 11 is 3.37. The number of halogens is 1. The molecule has 50 valence electrons. The van der Waals surface area contributed by atoms with Crippen molar-refractivity contribution in [3.63, 3.8) is 0 Å². The number of hydrogen-bond donors (Lipinski definition) is 0. The highest BCUT2D eigenvalue weighted by Gasteiger charge is 1.84. The van der Waals surface area contributed by atoms with Crippen molar-refractivity contribution in [1.29, 1.82) is 0 Å². The Morgan fingerprint density at radius 2 is 1.88 bits per heavy atom. The molecule has 0 aliphatic carbocycles. The summed E-state index contributed by atoms with van der Waals surface area (Å²) in [6, 6.07) is 0. The molecule has 0 fully saturated rings. The maximum atomic E-state index is 3.37. The van der Waals surface area contributed by atoms with Crippen LogP contribution in [0.5, 0.6) is 0 Å². The summed E-state index contributed by atoms with van der Waals surface area (Å²) in [6.45, 7) is 2.21. The van der Waals surface area contributed by atoms with Crippen LogP contribution in [0.3, 0.4) is 0 Å². The van der Waals surface area contributed by atoms with Crippen molar-refractivity contribution in [2.45, 2.75) is 13.3 Å². The third-order valence-electron chi connectivity index (χ3n) is 0.531. The van der Waals surface area contributed by atoms with Gasteiger partial charge in [-0.05, 0) is 6.42 Å². The molecule has 0 N–H and O–H groups in total. The van der Waals surface area contributed by atoms with E-state index in [1.165, 1.54) is 17.9 Å². The monoisotopic (exact) mass is 214 g/mol. The van der Waals surface area contributed by atoms with Gasteiger partial charge < -0.3 is 0 Å². The first-order chi connectivity index (χ1) is 3.91. The largest absolute Gasteiger partial charge is 0.0941 e. The zero-order chi connectivity index (χ0) is 6.24. The van der Waals surface area contributed by atoms with E-state index in [1.807, 2.05) is 21.6 Å². The second kappa shape index (κ2) is 8.18. The van der Waals surface area contributed by atoms with E-state index in [4.69, 9.17) is 0 Å². The molecular formula is C5H11BrS2. The molecule has 0 saturated carbocycles. The Hall–Kier alpha value is 1.18. The Balaban J connectivity index is 2.53. The SMILES string of the molecule is CCCSSCCBr. The van der Waals surface area contributed by atoms with Crippen molar-refractivity contribution in [1.82, 2.24) is 0 Å². The van der Waals surface area contributed by atoms with Gasteiger partial charge in [0.15, 0.2) is 0 Å². The first-order valence-corrected chi connectivity index (χ1v) is 6.33. The first kappa shape index (κ1) is 9.18. The fourth-order valence-corrected chi connectivity index (χ4v) is 3.28. The molecule has 0 nitrogen and oxygen atoms in total. The van der Waals surface area contributed by atoms with E-state index in [1.54, 1.807) is 0 Å². The van der Waals surface area contributed by atoms with Gasteiger partial charge in [0.05, 0.1) is 0 Å². The van der Waals surface area contributed by atoms with Crippen molar-refractivity contribution in [3.8, 4) is 0 Å². The second-order valence-corrected chi connectivity index (χ2v) is 4.83. The van der Waals surface area contributed by atoms with E-state index in [0.717, 1.165) is 5.33 Å². The van der Waals surface area contributed by atoms with Crippen molar-refractivity contribution in [3.05, 3.63) is 0 Å². The lowest BCUT2D eigenvalue weighted by Crippen LogP contribution is -1.74. The van der Waals surface area contributed by atoms with Gasteiger partial charge in [0.1, 0.15) is 0 Å². The van der Waals surface area contributed by atoms with Gasteiger partial charge in [0, 0.05) is 16.8 Å². The van der Waals surface area contributed by atoms with E-state index in [-0.39, 0.29) is 0 Å². The van der Waals surface area contributed by atoms with Crippen LogP contribution >= 0.6 is 37.5 Å². The average Bonchev–Trinajstić information content (AvgIpc) is 1.81. The quantitative estimate of drug-likeness (QED) is 0.392. The van der Waals surface area contributed by atoms with E-state index in [9.17, 15) is 0 Å². The minimum absolute atomic E-state index is 1.12. The van der Waals surface area contributed by atoms with Gasteiger partial charge in [-0.2, -0.15) is 0 Å². The van der Waals surface area contributed by atoms with Gasteiger partial charge in [-0.1, -0.05) is 44.4 Å². The molecule has 0 saturated heterocycles. The maximum Gasteiger partial charge on any atom is 0.0134 e. The summed E-state index contributed by atoms with van der Waals surface area (Å²) in [5.41, 5.74) is 0. The number of rotatable bonds is 5. The number of hydrogen-bond acceptors (Lipinski definition) is 2. The van der Waals surface area contributed by atoms with Crippen LogP contribution in [-0.4, -0.2) is 16.8 Å². The fourth-order valence-electron chi connectivity index (χ4n) is 0.233. The molecule has 3 heteroatoms. The molecule has 0 heterocycles. The Morgan fingerprint density at radius 3 is 2.38 bits per heavy atom. The third kappa shape index (κ3) is 7.18. The standard InChI is InChI=1S/C5H11BrS2/c1-2-4-7-8-5-3-6/h2-5H2,1H3. The zero-order valence-corrected chi connectivity index (χ0v) is 8.24. The predicted octanol–water partition coefficient (Wildman–Crippen LogP) is 3.17. The molecule has 0 atom stereocenters. The fraction of sp³-hybridized carbons (Fsp3) is 1.00. The molecule has 0 aromatic carbocycles. The van der Waals surface area contributed by atoms with Gasteiger partial charge in [0.2, 0.25) is 0 Å². The van der Waals surface area contributed by atoms with Crippen molar-refractivity contribution >= 4 is 37.5 Å². The molecule has 0 aromatic heterocycles. The Bertz CT molecular complexity index is 35.4. The highest BCUT2D eigenvalue weighted by Crippen LogP contribution is 2.21. The highest BCUT2D eigenvalue weighted by atomic mass is 79.9. The molecule has 0 spiro atoms. The van der Waals surface area contributed by atoms with Crippen LogP contribution < -0.4 is 0 Å². The second-order valence-electron chi connectivity index (χ2n) is 1.33. The topological polar surface area (TPSA) is 0 Å². The van der Waals surface area contributed by atoms with Crippen molar-refractivity contribution in [2.24, 2.45) is 0 Å². The van der Waals surface area contributed by atoms with Crippen LogP contribution in [0.1, 0.15) is 13.3 Å². The minimum atomic E-state index is 1.12. The average molecular weight is 215 g/mol. The predicted molar refractivity (Wildman–Crippen MR) is 49.0 cm³/mol. The van der Waals surface area contributed by atoms with E-state index >= 15 is 0 Å². The van der Waals surface area contributed by atoms with Gasteiger partial charge >= 0.3 is 0 Å². The van der Waals surface area contributed by atoms with Crippen LogP contribution in [0, 0.1) is 0 Å². The van der Waals surface area contributed by atoms with Gasteiger partial charge in [-0.3, -0.25) is 0 Å². The van der Waals surface area contributed by atoms with Crippen LogP contribution in [0.15, 0.2) is 0 Å². The van der Waals surface area contributed by atoms with Crippen molar-refractivity contribution in [2.75, 3.05) is 16.8 Å². The Labute approximate surface area is 67.7 Å². The number of alkyl halides is 1. The first-order valence-electron chi connectivity index (χ1n) is 2.72. The van der Waals surface area contributed by atoms with Crippen molar-refractivity contribution < 1.29 is 0 Å². The van der Waals surface area contributed by atoms with E-state index < -0.39 is 0 Å². The minimum Gasteiger partial charge on any atom is -0.0941 e. The summed E-state index contributed by atoms with van der Waals surface area (Å²) < 4.78 is 0. The summed E-state index contributed by atoms with van der Waals surface area (Å²) in [5, 5.41) is 1.12. The lowest BCUT2D eigenvalue weighted by molar-refractivity contribution is 1.11. The normalized spacial score (nSPS) is 9.75. The summed E-state index contributed by atoms with van der Waals surface area (Å²) in [6.07, 6.45) is 1.29. The summed E-state index contributed by atoms with van der Waals surface area (Å²) in [7, 11) is 3.91. The van der Waals surface area contributed by atoms with Crippen LogP contribution in [0.2, 0.25) is 0 Å². The molecule has 0 rings (SSSR count). The molecule has 0 amide bonds. The van der Waals surface area contributed by atoms with Gasteiger partial charge in [0.25, 0.3) is 0 Å². The molecular weight excluding hydrogens is 204 g/mol. The van der Waals surface area contributed by atoms with Crippen LogP contribution in [0.4, 0.5) is 0 Å². The lowest BCUT2D eigenvalue weighted by atomic mass is 10.6. The zero-order valence-electron chi connectivity index (χ0n) is 5.02. The molecule has 8 heavy (non-hydrogen) atoms. The molecule has 0 aliphatic rings. The maximum absolute atomic E-state index is 3.37. The van der Waals surface area contributed by atoms with Gasteiger partial charge in [-0.25, -0.2) is 0 Å². The smallest absolute Gasteiger partial charge is 0.0134 e. The molecule has 0 radical (unpaired) electrons. The van der Waals surface area contributed by atoms with E-state index in [0.29, 0.717) is 0 Å². The van der Waals surface area contributed by atoms with Crippen LogP contribution in [-0.2, 0) is 0 Å².